The van der Waals surface area contributed by atoms with E-state index in [2.05, 4.69) is 44.1 Å². The van der Waals surface area contributed by atoms with Crippen LogP contribution in [-0.4, -0.2) is 88.3 Å². The van der Waals surface area contributed by atoms with Crippen LogP contribution < -0.4 is 0 Å². The summed E-state index contributed by atoms with van der Waals surface area (Å²) in [6.07, 6.45) is 3.54. The number of hydrogen-bond acceptors (Lipinski definition) is 6. The van der Waals surface area contributed by atoms with E-state index in [4.69, 9.17) is 4.74 Å². The SMILES string of the molecule is COCc1nc2c(C(=O)N3CCN(C(c4ccccc4)c4ccccc4)[C@H](CC(=O)N(C)C)C3)cncc2[nH]1. The highest BCUT2D eigenvalue weighted by molar-refractivity contribution is 6.04. The minimum atomic E-state index is -0.182. The Labute approximate surface area is 228 Å². The van der Waals surface area contributed by atoms with Gasteiger partial charge in [-0.05, 0) is 11.1 Å². The smallest absolute Gasteiger partial charge is 0.257 e. The van der Waals surface area contributed by atoms with Gasteiger partial charge in [0, 0.05) is 59.5 Å². The van der Waals surface area contributed by atoms with Crippen LogP contribution in [0.25, 0.3) is 11.0 Å². The van der Waals surface area contributed by atoms with Gasteiger partial charge in [-0.1, -0.05) is 60.7 Å². The van der Waals surface area contributed by atoms with Crippen LogP contribution in [-0.2, 0) is 16.1 Å². The molecule has 202 valence electrons. The van der Waals surface area contributed by atoms with E-state index in [1.807, 2.05) is 41.3 Å². The van der Waals surface area contributed by atoms with Crippen LogP contribution in [0.2, 0.25) is 0 Å². The normalized spacial score (nSPS) is 16.1. The molecule has 1 atom stereocenters. The molecule has 4 aromatic rings. The lowest BCUT2D eigenvalue weighted by Crippen LogP contribution is -2.56. The molecule has 0 saturated carbocycles. The molecule has 3 heterocycles. The number of aromatic amines is 1. The van der Waals surface area contributed by atoms with Gasteiger partial charge in [-0.25, -0.2) is 4.98 Å². The van der Waals surface area contributed by atoms with Gasteiger partial charge in [0.25, 0.3) is 5.91 Å². The Morgan fingerprint density at radius 3 is 2.31 bits per heavy atom. The van der Waals surface area contributed by atoms with Crippen molar-refractivity contribution >= 4 is 22.8 Å². The molecule has 0 aliphatic carbocycles. The minimum absolute atomic E-state index is 0.0273. The van der Waals surface area contributed by atoms with E-state index < -0.39 is 0 Å². The Morgan fingerprint density at radius 1 is 1.03 bits per heavy atom. The molecular weight excluding hydrogens is 492 g/mol. The number of carbonyl (C=O) groups excluding carboxylic acids is 2. The van der Waals surface area contributed by atoms with Crippen LogP contribution in [0.5, 0.6) is 0 Å². The monoisotopic (exact) mass is 526 g/mol. The summed E-state index contributed by atoms with van der Waals surface area (Å²) >= 11 is 0. The summed E-state index contributed by atoms with van der Waals surface area (Å²) in [4.78, 5) is 44.7. The van der Waals surface area contributed by atoms with Gasteiger partial charge >= 0.3 is 0 Å². The predicted molar refractivity (Wildman–Crippen MR) is 149 cm³/mol. The van der Waals surface area contributed by atoms with Crippen molar-refractivity contribution in [1.82, 2.24) is 29.7 Å². The molecule has 2 aromatic carbocycles. The number of fused-ring (bicyclic) bond motifs is 1. The zero-order valence-electron chi connectivity index (χ0n) is 22.6. The van der Waals surface area contributed by atoms with Gasteiger partial charge in [0.05, 0.1) is 23.3 Å². The molecule has 0 unspecified atom stereocenters. The van der Waals surface area contributed by atoms with E-state index in [1.165, 1.54) is 0 Å². The first kappa shape index (κ1) is 26.5. The zero-order chi connectivity index (χ0) is 27.4. The van der Waals surface area contributed by atoms with E-state index in [1.54, 1.807) is 38.5 Å². The van der Waals surface area contributed by atoms with Crippen LogP contribution in [0.1, 0.15) is 39.8 Å². The minimum Gasteiger partial charge on any atom is -0.377 e. The fourth-order valence-corrected chi connectivity index (χ4v) is 5.32. The van der Waals surface area contributed by atoms with Crippen molar-refractivity contribution in [3.8, 4) is 0 Å². The number of nitrogens with zero attached hydrogens (tertiary/aromatic N) is 5. The first-order valence-electron chi connectivity index (χ1n) is 13.1. The predicted octanol–water partition coefficient (Wildman–Crippen LogP) is 3.50. The molecule has 2 amide bonds. The number of carbonyl (C=O) groups is 2. The second kappa shape index (κ2) is 11.8. The number of amides is 2. The van der Waals surface area contributed by atoms with E-state index >= 15 is 0 Å². The summed E-state index contributed by atoms with van der Waals surface area (Å²) in [5, 5.41) is 0. The third-order valence-corrected chi connectivity index (χ3v) is 7.24. The molecule has 0 spiro atoms. The number of nitrogens with one attached hydrogen (secondary N) is 1. The Hall–Kier alpha value is -4.08. The molecule has 1 fully saturated rings. The molecule has 1 N–H and O–H groups in total. The molecule has 1 aliphatic heterocycles. The topological polar surface area (TPSA) is 94.7 Å². The zero-order valence-corrected chi connectivity index (χ0v) is 22.6. The molecule has 5 rings (SSSR count). The fraction of sp³-hybridized carbons (Fsp3) is 0.333. The first-order valence-corrected chi connectivity index (χ1v) is 13.1. The van der Waals surface area contributed by atoms with Crippen LogP contribution in [0.15, 0.2) is 73.1 Å². The Morgan fingerprint density at radius 2 is 1.69 bits per heavy atom. The van der Waals surface area contributed by atoms with Gasteiger partial charge in [0.1, 0.15) is 17.9 Å². The number of piperazine rings is 1. The maximum absolute atomic E-state index is 13.8. The Kier molecular flexibility index (Phi) is 7.99. The lowest BCUT2D eigenvalue weighted by atomic mass is 9.93. The van der Waals surface area contributed by atoms with Crippen molar-refractivity contribution < 1.29 is 14.3 Å². The van der Waals surface area contributed by atoms with Crippen molar-refractivity contribution in [2.45, 2.75) is 25.1 Å². The maximum Gasteiger partial charge on any atom is 0.257 e. The number of hydrogen-bond donors (Lipinski definition) is 1. The van der Waals surface area contributed by atoms with Crippen molar-refractivity contribution in [3.05, 3.63) is 95.6 Å². The molecule has 9 heteroatoms. The molecule has 2 aromatic heterocycles. The summed E-state index contributed by atoms with van der Waals surface area (Å²) in [6.45, 7) is 1.87. The third-order valence-electron chi connectivity index (χ3n) is 7.24. The number of ether oxygens (including phenoxy) is 1. The number of imidazole rings is 1. The average Bonchev–Trinajstić information content (AvgIpc) is 3.37. The average molecular weight is 527 g/mol. The molecular formula is C30H34N6O3. The lowest BCUT2D eigenvalue weighted by Gasteiger charge is -2.45. The van der Waals surface area contributed by atoms with Gasteiger partial charge in [-0.15, -0.1) is 0 Å². The summed E-state index contributed by atoms with van der Waals surface area (Å²) in [7, 11) is 5.14. The number of aromatic nitrogens is 3. The fourth-order valence-electron chi connectivity index (χ4n) is 5.32. The highest BCUT2D eigenvalue weighted by Gasteiger charge is 2.37. The van der Waals surface area contributed by atoms with E-state index in [-0.39, 0.29) is 23.9 Å². The van der Waals surface area contributed by atoms with Crippen molar-refractivity contribution in [1.29, 1.82) is 0 Å². The number of rotatable bonds is 8. The summed E-state index contributed by atoms with van der Waals surface area (Å²) in [5.74, 6) is 0.531. The van der Waals surface area contributed by atoms with Crippen LogP contribution in [0.3, 0.4) is 0 Å². The standard InChI is InChI=1S/C30H34N6O3/c1-34(2)27(37)16-23-19-35(30(38)24-17-31-18-25-28(24)33-26(32-25)20-39-3)14-15-36(23)29(21-10-6-4-7-11-21)22-12-8-5-9-13-22/h4-13,17-18,23,29H,14-16,19-20H2,1-3H3,(H,32,33)/t23-/m1/s1. The van der Waals surface area contributed by atoms with Crippen molar-refractivity contribution in [2.75, 3.05) is 40.8 Å². The number of pyridine rings is 1. The van der Waals surface area contributed by atoms with E-state index in [0.29, 0.717) is 55.1 Å². The van der Waals surface area contributed by atoms with E-state index in [9.17, 15) is 9.59 Å². The Bertz CT molecular complexity index is 1380. The van der Waals surface area contributed by atoms with Gasteiger partial charge in [-0.3, -0.25) is 19.5 Å². The van der Waals surface area contributed by atoms with Crippen LogP contribution >= 0.6 is 0 Å². The van der Waals surface area contributed by atoms with Crippen molar-refractivity contribution in [2.24, 2.45) is 0 Å². The van der Waals surface area contributed by atoms with Gasteiger partial charge in [-0.2, -0.15) is 0 Å². The number of methoxy groups -OCH3 is 1. The third kappa shape index (κ3) is 5.69. The lowest BCUT2D eigenvalue weighted by molar-refractivity contribution is -0.130. The summed E-state index contributed by atoms with van der Waals surface area (Å²) in [6, 6.07) is 20.5. The Balaban J connectivity index is 1.48. The van der Waals surface area contributed by atoms with Gasteiger partial charge in [0.15, 0.2) is 0 Å². The van der Waals surface area contributed by atoms with E-state index in [0.717, 1.165) is 11.1 Å². The van der Waals surface area contributed by atoms with Crippen molar-refractivity contribution in [3.63, 3.8) is 0 Å². The number of H-pyrrole nitrogens is 1. The number of benzene rings is 2. The van der Waals surface area contributed by atoms with Gasteiger partial charge in [0.2, 0.25) is 5.91 Å². The molecule has 1 saturated heterocycles. The first-order chi connectivity index (χ1) is 19.0. The summed E-state index contributed by atoms with van der Waals surface area (Å²) < 4.78 is 5.20. The quantitative estimate of drug-likeness (QED) is 0.378. The molecule has 1 aliphatic rings. The molecule has 9 nitrogen and oxygen atoms in total. The van der Waals surface area contributed by atoms with Gasteiger partial charge < -0.3 is 19.5 Å². The van der Waals surface area contributed by atoms with Crippen LogP contribution in [0.4, 0.5) is 0 Å². The second-order valence-electron chi connectivity index (χ2n) is 10.1. The molecule has 0 bridgehead atoms. The summed E-state index contributed by atoms with van der Waals surface area (Å²) in [5.41, 5.74) is 4.03. The highest BCUT2D eigenvalue weighted by Crippen LogP contribution is 2.33. The second-order valence-corrected chi connectivity index (χ2v) is 10.1. The highest BCUT2D eigenvalue weighted by atomic mass is 16.5. The maximum atomic E-state index is 13.8. The molecule has 39 heavy (non-hydrogen) atoms. The largest absolute Gasteiger partial charge is 0.377 e. The molecule has 0 radical (unpaired) electrons. The van der Waals surface area contributed by atoms with Crippen LogP contribution in [0, 0.1) is 0 Å².